The molecule has 0 fully saturated rings. The van der Waals surface area contributed by atoms with E-state index in [0.717, 1.165) is 16.7 Å². The van der Waals surface area contributed by atoms with Crippen LogP contribution in [0.4, 0.5) is 0 Å². The molecular weight excluding hydrogens is 288 g/mol. The number of hydrazine groups is 1. The SMILES string of the molecule is NNC(=O)Cc1ccc(COCc2cccc(Cl)c2)cc1. The first-order valence-electron chi connectivity index (χ1n) is 6.57. The largest absolute Gasteiger partial charge is 0.372 e. The summed E-state index contributed by atoms with van der Waals surface area (Å²) in [6.45, 7) is 1.02. The van der Waals surface area contributed by atoms with Crippen LogP contribution in [0.1, 0.15) is 16.7 Å². The molecule has 0 heterocycles. The number of benzene rings is 2. The topological polar surface area (TPSA) is 64.3 Å². The van der Waals surface area contributed by atoms with E-state index >= 15 is 0 Å². The molecule has 2 aromatic carbocycles. The quantitative estimate of drug-likeness (QED) is 0.490. The fourth-order valence-electron chi connectivity index (χ4n) is 1.90. The van der Waals surface area contributed by atoms with Crippen LogP contribution in [0.15, 0.2) is 48.5 Å². The van der Waals surface area contributed by atoms with Crippen molar-refractivity contribution in [3.8, 4) is 0 Å². The van der Waals surface area contributed by atoms with Gasteiger partial charge in [0.2, 0.25) is 5.91 Å². The van der Waals surface area contributed by atoms with Crippen LogP contribution in [0.5, 0.6) is 0 Å². The molecule has 3 N–H and O–H groups in total. The van der Waals surface area contributed by atoms with Crippen LogP contribution in [-0.2, 0) is 29.2 Å². The molecule has 0 atom stereocenters. The van der Waals surface area contributed by atoms with Crippen LogP contribution in [0.3, 0.4) is 0 Å². The number of rotatable bonds is 6. The molecule has 0 aliphatic heterocycles. The fraction of sp³-hybridized carbons (Fsp3) is 0.188. The van der Waals surface area contributed by atoms with Crippen molar-refractivity contribution in [3.05, 3.63) is 70.2 Å². The van der Waals surface area contributed by atoms with Gasteiger partial charge >= 0.3 is 0 Å². The third kappa shape index (κ3) is 5.19. The molecule has 5 heteroatoms. The van der Waals surface area contributed by atoms with Gasteiger partial charge < -0.3 is 4.74 Å². The van der Waals surface area contributed by atoms with Gasteiger partial charge in [0.05, 0.1) is 19.6 Å². The van der Waals surface area contributed by atoms with Crippen molar-refractivity contribution in [1.29, 1.82) is 0 Å². The summed E-state index contributed by atoms with van der Waals surface area (Å²) in [5.74, 6) is 4.84. The first-order valence-corrected chi connectivity index (χ1v) is 6.94. The highest BCUT2D eigenvalue weighted by Crippen LogP contribution is 2.13. The number of halogens is 1. The monoisotopic (exact) mass is 304 g/mol. The zero-order chi connectivity index (χ0) is 15.1. The number of ether oxygens (including phenoxy) is 1. The summed E-state index contributed by atoms with van der Waals surface area (Å²) in [5, 5.41) is 0.707. The average molecular weight is 305 g/mol. The smallest absolute Gasteiger partial charge is 0.238 e. The fourth-order valence-corrected chi connectivity index (χ4v) is 2.12. The molecule has 0 aliphatic carbocycles. The predicted molar refractivity (Wildman–Crippen MR) is 82.4 cm³/mol. The minimum Gasteiger partial charge on any atom is -0.372 e. The van der Waals surface area contributed by atoms with E-state index in [9.17, 15) is 4.79 Å². The lowest BCUT2D eigenvalue weighted by Gasteiger charge is -2.06. The van der Waals surface area contributed by atoms with Gasteiger partial charge in [-0.05, 0) is 28.8 Å². The van der Waals surface area contributed by atoms with E-state index in [1.165, 1.54) is 0 Å². The molecule has 0 saturated heterocycles. The Morgan fingerprint density at radius 1 is 1.05 bits per heavy atom. The van der Waals surface area contributed by atoms with Gasteiger partial charge in [0.1, 0.15) is 0 Å². The minimum atomic E-state index is -0.208. The van der Waals surface area contributed by atoms with Crippen LogP contribution in [-0.4, -0.2) is 5.91 Å². The van der Waals surface area contributed by atoms with Crippen molar-refractivity contribution in [2.75, 3.05) is 0 Å². The average Bonchev–Trinajstić information content (AvgIpc) is 2.49. The summed E-state index contributed by atoms with van der Waals surface area (Å²) in [5.41, 5.74) is 5.11. The van der Waals surface area contributed by atoms with Crippen molar-refractivity contribution in [1.82, 2.24) is 5.43 Å². The zero-order valence-corrected chi connectivity index (χ0v) is 12.3. The van der Waals surface area contributed by atoms with E-state index < -0.39 is 0 Å². The van der Waals surface area contributed by atoms with Crippen LogP contribution < -0.4 is 11.3 Å². The van der Waals surface area contributed by atoms with Gasteiger partial charge in [0.15, 0.2) is 0 Å². The maximum Gasteiger partial charge on any atom is 0.238 e. The Morgan fingerprint density at radius 2 is 1.71 bits per heavy atom. The van der Waals surface area contributed by atoms with Gasteiger partial charge in [-0.3, -0.25) is 10.2 Å². The van der Waals surface area contributed by atoms with E-state index in [-0.39, 0.29) is 12.3 Å². The number of nitrogens with two attached hydrogens (primary N) is 1. The molecule has 0 unspecified atom stereocenters. The standard InChI is InChI=1S/C16H17ClN2O2/c17-15-3-1-2-14(8-15)11-21-10-13-6-4-12(5-7-13)9-16(20)19-18/h1-8H,9-11,18H2,(H,19,20). The Bertz CT molecular complexity index is 599. The van der Waals surface area contributed by atoms with Crippen molar-refractivity contribution >= 4 is 17.5 Å². The Morgan fingerprint density at radius 3 is 2.38 bits per heavy atom. The predicted octanol–water partition coefficient (Wildman–Crippen LogP) is 2.59. The Hall–Kier alpha value is -1.88. The van der Waals surface area contributed by atoms with Gasteiger partial charge in [0, 0.05) is 5.02 Å². The second kappa shape index (κ2) is 7.78. The molecule has 4 nitrogen and oxygen atoms in total. The second-order valence-electron chi connectivity index (χ2n) is 4.68. The Labute approximate surface area is 128 Å². The van der Waals surface area contributed by atoms with E-state index in [0.29, 0.717) is 18.2 Å². The minimum absolute atomic E-state index is 0.208. The first-order chi connectivity index (χ1) is 10.2. The van der Waals surface area contributed by atoms with E-state index in [2.05, 4.69) is 5.43 Å². The molecule has 0 radical (unpaired) electrons. The number of hydrogen-bond acceptors (Lipinski definition) is 3. The number of carbonyl (C=O) groups is 1. The van der Waals surface area contributed by atoms with Gasteiger partial charge in [-0.15, -0.1) is 0 Å². The van der Waals surface area contributed by atoms with E-state index in [1.54, 1.807) is 0 Å². The number of nitrogens with one attached hydrogen (secondary N) is 1. The molecule has 0 aliphatic rings. The summed E-state index contributed by atoms with van der Waals surface area (Å²) < 4.78 is 5.64. The Balaban J connectivity index is 1.82. The molecule has 2 aromatic rings. The van der Waals surface area contributed by atoms with Crippen LogP contribution >= 0.6 is 11.6 Å². The van der Waals surface area contributed by atoms with E-state index in [4.69, 9.17) is 22.2 Å². The number of amides is 1. The van der Waals surface area contributed by atoms with Crippen molar-refractivity contribution in [3.63, 3.8) is 0 Å². The summed E-state index contributed by atoms with van der Waals surface area (Å²) in [4.78, 5) is 11.2. The maximum atomic E-state index is 11.2. The van der Waals surface area contributed by atoms with Gasteiger partial charge in [-0.25, -0.2) is 5.84 Å². The number of hydrogen-bond donors (Lipinski definition) is 2. The molecule has 1 amide bonds. The molecule has 21 heavy (non-hydrogen) atoms. The van der Waals surface area contributed by atoms with Crippen LogP contribution in [0.2, 0.25) is 5.02 Å². The molecular formula is C16H17ClN2O2. The second-order valence-corrected chi connectivity index (χ2v) is 5.12. The highest BCUT2D eigenvalue weighted by molar-refractivity contribution is 6.30. The lowest BCUT2D eigenvalue weighted by Crippen LogP contribution is -2.31. The third-order valence-corrected chi connectivity index (χ3v) is 3.21. The van der Waals surface area contributed by atoms with Crippen LogP contribution in [0, 0.1) is 0 Å². The molecule has 2 rings (SSSR count). The highest BCUT2D eigenvalue weighted by Gasteiger charge is 2.01. The summed E-state index contributed by atoms with van der Waals surface area (Å²) in [7, 11) is 0. The van der Waals surface area contributed by atoms with E-state index in [1.807, 2.05) is 48.5 Å². The summed E-state index contributed by atoms with van der Waals surface area (Å²) >= 11 is 5.91. The Kier molecular flexibility index (Phi) is 5.75. The lowest BCUT2D eigenvalue weighted by atomic mass is 10.1. The normalized spacial score (nSPS) is 10.4. The van der Waals surface area contributed by atoms with Gasteiger partial charge in [-0.1, -0.05) is 48.0 Å². The van der Waals surface area contributed by atoms with Crippen molar-refractivity contribution in [2.24, 2.45) is 5.84 Å². The van der Waals surface area contributed by atoms with Crippen molar-refractivity contribution in [2.45, 2.75) is 19.6 Å². The summed E-state index contributed by atoms with van der Waals surface area (Å²) in [6.07, 6.45) is 0.278. The van der Waals surface area contributed by atoms with Gasteiger partial charge in [0.25, 0.3) is 0 Å². The summed E-state index contributed by atoms with van der Waals surface area (Å²) in [6, 6.07) is 15.3. The third-order valence-electron chi connectivity index (χ3n) is 2.98. The molecule has 0 aromatic heterocycles. The molecule has 0 bridgehead atoms. The highest BCUT2D eigenvalue weighted by atomic mass is 35.5. The molecule has 0 spiro atoms. The van der Waals surface area contributed by atoms with Crippen molar-refractivity contribution < 1.29 is 9.53 Å². The van der Waals surface area contributed by atoms with Crippen LogP contribution in [0.25, 0.3) is 0 Å². The lowest BCUT2D eigenvalue weighted by molar-refractivity contribution is -0.120. The number of carbonyl (C=O) groups excluding carboxylic acids is 1. The molecule has 110 valence electrons. The molecule has 0 saturated carbocycles. The maximum absolute atomic E-state index is 11.2. The first kappa shape index (κ1) is 15.5. The van der Waals surface area contributed by atoms with Gasteiger partial charge in [-0.2, -0.15) is 0 Å². The zero-order valence-electron chi connectivity index (χ0n) is 11.5.